The monoisotopic (exact) mass is 844 g/mol. The van der Waals surface area contributed by atoms with Crippen LogP contribution in [-0.4, -0.2) is 103 Å². The fourth-order valence-electron chi connectivity index (χ4n) is 9.89. The predicted octanol–water partition coefficient (Wildman–Crippen LogP) is 4.18. The van der Waals surface area contributed by atoms with Crippen LogP contribution < -0.4 is 15.6 Å². The lowest BCUT2D eigenvalue weighted by molar-refractivity contribution is -0.172. The second kappa shape index (κ2) is 16.2. The average molecular weight is 845 g/mol. The summed E-state index contributed by atoms with van der Waals surface area (Å²) in [5.74, 6) is -2.19. The number of aromatic nitrogens is 2. The lowest BCUT2D eigenvalue weighted by Crippen LogP contribution is -2.54. The van der Waals surface area contributed by atoms with E-state index in [1.165, 1.54) is 32.4 Å². The van der Waals surface area contributed by atoms with Crippen LogP contribution in [0.3, 0.4) is 0 Å². The first-order valence-electron chi connectivity index (χ1n) is 21.6. The van der Waals surface area contributed by atoms with E-state index in [0.717, 1.165) is 39.8 Å². The van der Waals surface area contributed by atoms with Gasteiger partial charge in [-0.2, -0.15) is 0 Å². The van der Waals surface area contributed by atoms with Crippen molar-refractivity contribution in [2.45, 2.75) is 102 Å². The van der Waals surface area contributed by atoms with Crippen molar-refractivity contribution in [3.8, 4) is 17.1 Å². The molecule has 4 aromatic rings. The van der Waals surface area contributed by atoms with E-state index in [2.05, 4.69) is 17.1 Å². The number of imide groups is 2. The third-order valence-corrected chi connectivity index (χ3v) is 13.3. The molecule has 0 bridgehead atoms. The number of esters is 1. The summed E-state index contributed by atoms with van der Waals surface area (Å²) in [4.78, 5) is 96.7. The Bertz CT molecular complexity index is 2590. The highest BCUT2D eigenvalue weighted by molar-refractivity contribution is 6.23. The molecule has 16 heteroatoms. The van der Waals surface area contributed by atoms with Crippen LogP contribution in [-0.2, 0) is 44.3 Å². The molecular formula is C46H48N6O10. The van der Waals surface area contributed by atoms with Gasteiger partial charge in [-0.15, -0.1) is 0 Å². The van der Waals surface area contributed by atoms with Gasteiger partial charge in [0, 0.05) is 42.1 Å². The van der Waals surface area contributed by atoms with Crippen molar-refractivity contribution in [1.29, 1.82) is 0 Å². The van der Waals surface area contributed by atoms with Gasteiger partial charge in [-0.3, -0.25) is 34.2 Å². The van der Waals surface area contributed by atoms with Crippen molar-refractivity contribution in [3.05, 3.63) is 92.3 Å². The third kappa shape index (κ3) is 6.94. The number of cyclic esters (lactones) is 1. The minimum Gasteiger partial charge on any atom is -0.458 e. The number of carbonyl (C=O) groups excluding carboxylic acids is 6. The van der Waals surface area contributed by atoms with Crippen LogP contribution >= 0.6 is 0 Å². The zero-order valence-corrected chi connectivity index (χ0v) is 34.7. The molecule has 2 N–H and O–H groups in total. The number of piperidine rings is 3. The number of nitrogens with one attached hydrogen (secondary N) is 1. The second-order valence-corrected chi connectivity index (χ2v) is 16.7. The molecule has 322 valence electrons. The highest BCUT2D eigenvalue weighted by Gasteiger charge is 2.46. The number of amides is 5. The minimum absolute atomic E-state index is 0.0951. The van der Waals surface area contributed by atoms with Gasteiger partial charge in [0.05, 0.1) is 40.1 Å². The van der Waals surface area contributed by atoms with Crippen LogP contribution in [0, 0.1) is 0 Å². The van der Waals surface area contributed by atoms with Crippen molar-refractivity contribution in [2.75, 3.05) is 26.2 Å². The fourth-order valence-corrected chi connectivity index (χ4v) is 9.89. The smallest absolute Gasteiger partial charge is 0.415 e. The Morgan fingerprint density at radius 3 is 2.27 bits per heavy atom. The topological polar surface area (TPSA) is 198 Å². The first kappa shape index (κ1) is 41.1. The summed E-state index contributed by atoms with van der Waals surface area (Å²) in [5, 5.41) is 14.2. The van der Waals surface area contributed by atoms with Crippen LogP contribution in [0.2, 0.25) is 0 Å². The molecule has 8 heterocycles. The Kier molecular flexibility index (Phi) is 10.8. The Labute approximate surface area is 356 Å². The molecule has 10 rings (SSSR count). The van der Waals surface area contributed by atoms with Gasteiger partial charge in [-0.05, 0) is 100.0 Å². The summed E-state index contributed by atoms with van der Waals surface area (Å²) in [5.41, 5.74) is 2.99. The molecule has 3 fully saturated rings. The number of hydrogen-bond donors (Lipinski definition) is 2. The maximum Gasteiger partial charge on any atom is 0.415 e. The van der Waals surface area contributed by atoms with Gasteiger partial charge < -0.3 is 28.9 Å². The van der Waals surface area contributed by atoms with Gasteiger partial charge >= 0.3 is 12.1 Å². The maximum atomic E-state index is 13.6. The first-order chi connectivity index (χ1) is 29.9. The van der Waals surface area contributed by atoms with Gasteiger partial charge in [-0.25, -0.2) is 14.6 Å². The van der Waals surface area contributed by atoms with E-state index >= 15 is 0 Å². The number of benzene rings is 2. The molecule has 0 saturated carbocycles. The van der Waals surface area contributed by atoms with Crippen molar-refractivity contribution < 1.29 is 43.3 Å². The zero-order chi connectivity index (χ0) is 43.4. The standard InChI is InChI=1S/C33H38N4O6.C13H10N2O4/c1-3-22-23-16-21(43-32(40)36-14-10-20(11-15-36)35-12-6-5-7-13-35)8-9-27(23)34-29-24(22)18-37-28(29)17-26-25(30(37)38)19-42-31(39)33(26,41)4-2;16-10-6-5-9(11(17)14-10)15-12(18)7-3-1-2-4-8(7)13(15)19/h8-9,16-17,20,41H,3-7,10-15,18-19H2,1-2H3;1-4,9H,5-6H2,(H,14,16,17)/t33-;/m0./s1. The number of carbonyl (C=O) groups is 6. The molecule has 1 unspecified atom stereocenters. The molecule has 6 aliphatic rings. The lowest BCUT2D eigenvalue weighted by Gasteiger charge is -2.39. The number of fused-ring (bicyclic) bond motifs is 6. The fraction of sp³-hybridized carbons (Fsp3) is 0.435. The summed E-state index contributed by atoms with van der Waals surface area (Å²) in [6.07, 6.45) is 6.57. The lowest BCUT2D eigenvalue weighted by atomic mass is 9.86. The van der Waals surface area contributed by atoms with E-state index in [9.17, 15) is 38.7 Å². The van der Waals surface area contributed by atoms with Crippen LogP contribution in [0.5, 0.6) is 5.75 Å². The van der Waals surface area contributed by atoms with Gasteiger partial charge in [0.1, 0.15) is 18.4 Å². The van der Waals surface area contributed by atoms with Crippen molar-refractivity contribution in [2.24, 2.45) is 0 Å². The van der Waals surface area contributed by atoms with Crippen molar-refractivity contribution in [1.82, 2.24) is 29.6 Å². The van der Waals surface area contributed by atoms with Gasteiger partial charge in [-0.1, -0.05) is 32.4 Å². The van der Waals surface area contributed by atoms with Crippen molar-refractivity contribution >= 4 is 46.6 Å². The van der Waals surface area contributed by atoms with Crippen LogP contribution in [0.4, 0.5) is 4.79 Å². The number of ether oxygens (including phenoxy) is 2. The number of hydrogen-bond acceptors (Lipinski definition) is 12. The molecule has 0 radical (unpaired) electrons. The number of aliphatic hydroxyl groups is 1. The van der Waals surface area contributed by atoms with Crippen molar-refractivity contribution in [3.63, 3.8) is 0 Å². The normalized spacial score (nSPS) is 22.3. The zero-order valence-electron chi connectivity index (χ0n) is 34.7. The summed E-state index contributed by atoms with van der Waals surface area (Å²) >= 11 is 0. The van der Waals surface area contributed by atoms with E-state index < -0.39 is 35.3 Å². The SMILES string of the molecule is CCc1c2c(nc3ccc(OC(=O)N4CCC(N5CCCCC5)CC4)cc13)-c1cc3c(c(=O)n1C2)COC(=O)[C@]3(O)CC.O=C1CCC(N2C(=O)c3ccccc3C2=O)C(=O)N1. The number of nitrogens with zero attached hydrogens (tertiary/aromatic N) is 5. The summed E-state index contributed by atoms with van der Waals surface area (Å²) in [6.45, 7) is 7.65. The molecule has 6 aliphatic heterocycles. The van der Waals surface area contributed by atoms with Gasteiger partial charge in [0.2, 0.25) is 11.8 Å². The molecule has 2 atom stereocenters. The molecule has 0 aliphatic carbocycles. The van der Waals surface area contributed by atoms with Gasteiger partial charge in [0.15, 0.2) is 5.60 Å². The Hall–Kier alpha value is -6.26. The number of rotatable bonds is 5. The molecule has 16 nitrogen and oxygen atoms in total. The van der Waals surface area contributed by atoms with Crippen LogP contribution in [0.25, 0.3) is 22.3 Å². The van der Waals surface area contributed by atoms with E-state index in [1.54, 1.807) is 47.9 Å². The summed E-state index contributed by atoms with van der Waals surface area (Å²) in [6, 6.07) is 13.3. The van der Waals surface area contributed by atoms with E-state index in [0.29, 0.717) is 71.5 Å². The predicted molar refractivity (Wildman–Crippen MR) is 223 cm³/mol. The van der Waals surface area contributed by atoms with Crippen LogP contribution in [0.15, 0.2) is 53.3 Å². The summed E-state index contributed by atoms with van der Waals surface area (Å²) in [7, 11) is 0. The van der Waals surface area contributed by atoms with Crippen LogP contribution in [0.1, 0.15) is 108 Å². The molecule has 2 aromatic heterocycles. The largest absolute Gasteiger partial charge is 0.458 e. The molecule has 2 aromatic carbocycles. The second-order valence-electron chi connectivity index (χ2n) is 16.7. The summed E-state index contributed by atoms with van der Waals surface area (Å²) < 4.78 is 12.7. The van der Waals surface area contributed by atoms with Gasteiger partial charge in [0.25, 0.3) is 17.4 Å². The Balaban J connectivity index is 0.000000215. The maximum absolute atomic E-state index is 13.6. The average Bonchev–Trinajstić information content (AvgIpc) is 3.78. The molecule has 5 amide bonds. The first-order valence-corrected chi connectivity index (χ1v) is 21.6. The molecule has 62 heavy (non-hydrogen) atoms. The highest BCUT2D eigenvalue weighted by atomic mass is 16.6. The molecule has 0 spiro atoms. The highest BCUT2D eigenvalue weighted by Crippen LogP contribution is 2.41. The Morgan fingerprint density at radius 2 is 1.61 bits per heavy atom. The number of likely N-dealkylation sites (tertiary alicyclic amines) is 2. The number of aryl methyl sites for hydroxylation is 1. The molecule has 3 saturated heterocycles. The van der Waals surface area contributed by atoms with E-state index in [4.69, 9.17) is 14.5 Å². The number of pyridine rings is 2. The Morgan fingerprint density at radius 1 is 0.903 bits per heavy atom. The van der Waals surface area contributed by atoms with E-state index in [-0.39, 0.29) is 43.4 Å². The minimum atomic E-state index is -1.86. The third-order valence-electron chi connectivity index (χ3n) is 13.3. The quantitative estimate of drug-likeness (QED) is 0.190. The molecular weight excluding hydrogens is 797 g/mol. The van der Waals surface area contributed by atoms with E-state index in [1.807, 2.05) is 17.0 Å².